The summed E-state index contributed by atoms with van der Waals surface area (Å²) < 4.78 is 34.9. The van der Waals surface area contributed by atoms with Gasteiger partial charge in [0, 0.05) is 19.8 Å². The number of hydrogen-bond acceptors (Lipinski definition) is 20. The maximum absolute atomic E-state index is 13.5. The lowest BCUT2D eigenvalue weighted by Crippen LogP contribution is -2.70. The lowest BCUT2D eigenvalue weighted by Gasteiger charge is -2.50. The van der Waals surface area contributed by atoms with Crippen LogP contribution in [0.5, 0.6) is 0 Å². The number of allylic oxidation sites excluding steroid dienone is 4. The minimum absolute atomic E-state index is 0.221. The summed E-state index contributed by atoms with van der Waals surface area (Å²) in [4.78, 5) is 38.6. The van der Waals surface area contributed by atoms with Gasteiger partial charge in [-0.25, -0.2) is 4.79 Å². The Labute approximate surface area is 562 Å². The van der Waals surface area contributed by atoms with Crippen LogP contribution in [0.3, 0.4) is 0 Å². The molecule has 2 amide bonds. The Hall–Kier alpha value is -2.79. The monoisotopic (exact) mass is 1350 g/mol. The number of rotatable bonds is 56. The van der Waals surface area contributed by atoms with E-state index in [1.807, 2.05) is 0 Å². The van der Waals surface area contributed by atoms with Crippen molar-refractivity contribution in [1.82, 2.24) is 10.6 Å². The average molecular weight is 1350 g/mol. The van der Waals surface area contributed by atoms with Crippen LogP contribution in [-0.4, -0.2) is 215 Å². The van der Waals surface area contributed by atoms with Crippen LogP contribution < -0.4 is 10.6 Å². The molecule has 0 aromatic rings. The molecule has 3 aliphatic rings. The van der Waals surface area contributed by atoms with E-state index in [2.05, 4.69) is 48.8 Å². The Kier molecular flexibility index (Phi) is 46.7. The second-order valence-electron chi connectivity index (χ2n) is 26.8. The average Bonchev–Trinajstić information content (AvgIpc) is 0.766. The van der Waals surface area contributed by atoms with Gasteiger partial charge in [-0.05, 0) is 44.9 Å². The SMILES string of the molecule is CCCCCCCCCCC/C=C\C/C=C\CCCCCCCCCCCCCC(=O)NC(COC1OC(CO)C(OC2OC(CO)C(O)C(OC3(C(=O)O)CC(O)C(NC(C)=O)C(C(O)C(O)CO)O3)C2O)C(O)C1O)C(O)CCCCCCCCCCCCCCC. The van der Waals surface area contributed by atoms with Gasteiger partial charge in [-0.2, -0.15) is 0 Å². The molecule has 3 aliphatic heterocycles. The van der Waals surface area contributed by atoms with Crippen LogP contribution in [0.2, 0.25) is 0 Å². The van der Waals surface area contributed by atoms with Crippen molar-refractivity contribution in [3.05, 3.63) is 24.3 Å². The molecule has 3 fully saturated rings. The number of carbonyl (C=O) groups excluding carboxylic acids is 2. The summed E-state index contributed by atoms with van der Waals surface area (Å²) >= 11 is 0. The highest BCUT2D eigenvalue weighted by Gasteiger charge is 2.60. The number of ether oxygens (including phenoxy) is 6. The minimum Gasteiger partial charge on any atom is -0.477 e. The number of amides is 2. The molecule has 550 valence electrons. The summed E-state index contributed by atoms with van der Waals surface area (Å²) in [5, 5.41) is 136. The van der Waals surface area contributed by atoms with Crippen LogP contribution in [0.4, 0.5) is 0 Å². The van der Waals surface area contributed by atoms with Crippen LogP contribution in [0.25, 0.3) is 0 Å². The van der Waals surface area contributed by atoms with E-state index in [-0.39, 0.29) is 18.9 Å². The fourth-order valence-electron chi connectivity index (χ4n) is 12.8. The maximum atomic E-state index is 13.5. The zero-order valence-electron chi connectivity index (χ0n) is 57.6. The number of nitrogens with one attached hydrogen (secondary N) is 2. The fourth-order valence-corrected chi connectivity index (χ4v) is 12.8. The third-order valence-corrected chi connectivity index (χ3v) is 18.7. The molecule has 14 N–H and O–H groups in total. The van der Waals surface area contributed by atoms with Crippen LogP contribution in [-0.2, 0) is 42.8 Å². The molecule has 3 rings (SSSR count). The van der Waals surface area contributed by atoms with E-state index in [4.69, 9.17) is 28.4 Å². The van der Waals surface area contributed by atoms with Crippen molar-refractivity contribution in [1.29, 1.82) is 0 Å². The highest BCUT2D eigenvalue weighted by molar-refractivity contribution is 5.77. The van der Waals surface area contributed by atoms with Crippen molar-refractivity contribution in [3.8, 4) is 0 Å². The molecule has 0 aromatic carbocycles. The molecule has 0 spiro atoms. The third-order valence-electron chi connectivity index (χ3n) is 18.7. The number of aliphatic hydroxyl groups excluding tert-OH is 11. The molecule has 0 aromatic heterocycles. The number of carboxylic acid groups (broad SMARTS) is 1. The van der Waals surface area contributed by atoms with Crippen molar-refractivity contribution in [2.75, 3.05) is 26.4 Å². The molecule has 0 aliphatic carbocycles. The van der Waals surface area contributed by atoms with Crippen molar-refractivity contribution in [3.63, 3.8) is 0 Å². The quantitative estimate of drug-likeness (QED) is 0.0205. The van der Waals surface area contributed by atoms with Crippen LogP contribution >= 0.6 is 0 Å². The Morgan fingerprint density at radius 2 is 1.02 bits per heavy atom. The maximum Gasteiger partial charge on any atom is 0.364 e. The van der Waals surface area contributed by atoms with Gasteiger partial charge in [-0.3, -0.25) is 9.59 Å². The molecule has 3 saturated heterocycles. The standard InChI is InChI=1S/C71H130N2O21/c1-4-6-8-10-12-14-16-18-19-20-21-22-23-24-25-26-27-28-29-30-31-33-35-37-39-41-43-45-58(81)73-52(53(78)44-42-40-38-36-34-32-17-15-13-11-9-7-5-2)50-89-68-63(85)62(84)65(57(49-76)91-68)92-69-64(86)67(61(83)56(48-75)90-69)94-71(70(87)88)46-54(79)59(72-51(3)77)66(93-71)60(82)55(80)47-74/h21-22,24-25,52-57,59-69,74-76,78-80,82-86H,4-20,23,26-50H2,1-3H3,(H,72,77)(H,73,81)(H,87,88)/b22-21-,25-24-. The highest BCUT2D eigenvalue weighted by atomic mass is 16.8. The first-order chi connectivity index (χ1) is 45.4. The zero-order chi connectivity index (χ0) is 68.9. The lowest BCUT2D eigenvalue weighted by molar-refractivity contribution is -0.386. The number of unbranched alkanes of at least 4 members (excludes halogenated alkanes) is 32. The minimum atomic E-state index is -3.08. The van der Waals surface area contributed by atoms with Crippen LogP contribution in [0, 0.1) is 0 Å². The van der Waals surface area contributed by atoms with Crippen LogP contribution in [0.15, 0.2) is 24.3 Å². The Morgan fingerprint density at radius 3 is 1.49 bits per heavy atom. The number of hydrogen-bond donors (Lipinski definition) is 14. The van der Waals surface area contributed by atoms with E-state index < -0.39 is 148 Å². The van der Waals surface area contributed by atoms with Gasteiger partial charge in [0.15, 0.2) is 12.6 Å². The molecule has 3 heterocycles. The van der Waals surface area contributed by atoms with E-state index in [1.54, 1.807) is 0 Å². The zero-order valence-corrected chi connectivity index (χ0v) is 57.6. The number of aliphatic carboxylic acids is 1. The van der Waals surface area contributed by atoms with Gasteiger partial charge in [-0.1, -0.05) is 231 Å². The van der Waals surface area contributed by atoms with Gasteiger partial charge in [0.05, 0.1) is 50.7 Å². The number of aliphatic hydroxyl groups is 11. The van der Waals surface area contributed by atoms with Gasteiger partial charge in [0.25, 0.3) is 5.79 Å². The number of carboxylic acids is 1. The van der Waals surface area contributed by atoms with Gasteiger partial charge in [0.2, 0.25) is 11.8 Å². The van der Waals surface area contributed by atoms with Crippen molar-refractivity contribution in [2.24, 2.45) is 0 Å². The summed E-state index contributed by atoms with van der Waals surface area (Å²) in [6, 6.07) is -2.53. The molecule has 94 heavy (non-hydrogen) atoms. The molecule has 23 nitrogen and oxygen atoms in total. The molecule has 18 unspecified atom stereocenters. The predicted molar refractivity (Wildman–Crippen MR) is 357 cm³/mol. The topological polar surface area (TPSA) is 373 Å². The Bertz CT molecular complexity index is 1990. The highest BCUT2D eigenvalue weighted by Crippen LogP contribution is 2.39. The summed E-state index contributed by atoms with van der Waals surface area (Å²) in [5.41, 5.74) is 0. The normalized spacial score (nSPS) is 28.0. The third kappa shape index (κ3) is 32.9. The molecule has 0 saturated carbocycles. The molecule has 23 heteroatoms. The summed E-state index contributed by atoms with van der Waals surface area (Å²) in [6.45, 7) is 2.20. The fraction of sp³-hybridized carbons (Fsp3) is 0.901. The van der Waals surface area contributed by atoms with Gasteiger partial charge in [-0.15, -0.1) is 0 Å². The van der Waals surface area contributed by atoms with Gasteiger partial charge < -0.3 is 100 Å². The second-order valence-corrected chi connectivity index (χ2v) is 26.8. The van der Waals surface area contributed by atoms with Crippen molar-refractivity contribution >= 4 is 17.8 Å². The first-order valence-corrected chi connectivity index (χ1v) is 36.7. The van der Waals surface area contributed by atoms with Gasteiger partial charge >= 0.3 is 5.97 Å². The summed E-state index contributed by atoms with van der Waals surface area (Å²) in [6.07, 6.45) is 23.3. The van der Waals surface area contributed by atoms with E-state index in [1.165, 1.54) is 154 Å². The van der Waals surface area contributed by atoms with E-state index in [0.29, 0.717) is 19.3 Å². The predicted octanol–water partition coefficient (Wildman–Crippen LogP) is 7.62. The molecule has 0 radical (unpaired) electrons. The molecular formula is C71H130N2O21. The molecule has 18 atom stereocenters. The summed E-state index contributed by atoms with van der Waals surface area (Å²) in [5.74, 6) is -6.10. The Morgan fingerprint density at radius 1 is 0.553 bits per heavy atom. The van der Waals surface area contributed by atoms with E-state index in [0.717, 1.165) is 71.1 Å². The summed E-state index contributed by atoms with van der Waals surface area (Å²) in [7, 11) is 0. The van der Waals surface area contributed by atoms with Crippen LogP contribution in [0.1, 0.15) is 271 Å². The van der Waals surface area contributed by atoms with E-state index in [9.17, 15) is 75.7 Å². The van der Waals surface area contributed by atoms with Gasteiger partial charge in [0.1, 0.15) is 67.1 Å². The van der Waals surface area contributed by atoms with E-state index >= 15 is 0 Å². The first-order valence-electron chi connectivity index (χ1n) is 36.7. The smallest absolute Gasteiger partial charge is 0.364 e. The lowest BCUT2D eigenvalue weighted by atomic mass is 9.88. The molecule has 0 bridgehead atoms. The van der Waals surface area contributed by atoms with Crippen molar-refractivity contribution < 1.29 is 104 Å². The Balaban J connectivity index is 1.52. The number of carbonyl (C=O) groups is 3. The largest absolute Gasteiger partial charge is 0.477 e. The second kappa shape index (κ2) is 51.4. The molecular weight excluding hydrogens is 1220 g/mol. The van der Waals surface area contributed by atoms with Crippen molar-refractivity contribution in [2.45, 2.75) is 381 Å². The first kappa shape index (κ1) is 85.4.